The lowest BCUT2D eigenvalue weighted by atomic mass is 10.2. The Morgan fingerprint density at radius 1 is 1.33 bits per heavy atom. The van der Waals surface area contributed by atoms with E-state index in [2.05, 4.69) is 33.9 Å². The molecule has 12 heavy (non-hydrogen) atoms. The van der Waals surface area contributed by atoms with Gasteiger partial charge in [0.25, 0.3) is 0 Å². The van der Waals surface area contributed by atoms with Gasteiger partial charge in [-0.2, -0.15) is 0 Å². The molecule has 1 aliphatic heterocycles. The summed E-state index contributed by atoms with van der Waals surface area (Å²) in [6, 6.07) is 0. The van der Waals surface area contributed by atoms with Crippen molar-refractivity contribution in [2.45, 2.75) is 50.7 Å². The van der Waals surface area contributed by atoms with Gasteiger partial charge in [0.1, 0.15) is 6.10 Å². The van der Waals surface area contributed by atoms with Crippen molar-refractivity contribution in [3.05, 3.63) is 0 Å². The van der Waals surface area contributed by atoms with Gasteiger partial charge in [0.15, 0.2) is 0 Å². The molecule has 0 aromatic heterocycles. The lowest BCUT2D eigenvalue weighted by Crippen LogP contribution is -2.44. The molecule has 2 atom stereocenters. The van der Waals surface area contributed by atoms with Crippen LogP contribution >= 0.6 is 0 Å². The Hall–Kier alpha value is 0.137. The average Bonchev–Trinajstić information content (AvgIpc) is 2.62. The van der Waals surface area contributed by atoms with Crippen LogP contribution < -0.4 is 0 Å². The first-order valence-corrected chi connectivity index (χ1v) is 7.65. The largest absolute Gasteiger partial charge is 0.394 e. The van der Waals surface area contributed by atoms with Gasteiger partial charge in [-0.05, 0) is 5.04 Å². The first-order chi connectivity index (χ1) is 5.30. The van der Waals surface area contributed by atoms with Crippen LogP contribution in [0.1, 0.15) is 20.8 Å². The monoisotopic (exact) mass is 188 g/mol. The molecule has 1 N–H and O–H groups in total. The van der Waals surface area contributed by atoms with E-state index >= 15 is 0 Å². The molecule has 0 unspecified atom stereocenters. The highest BCUT2D eigenvalue weighted by molar-refractivity contribution is 6.82. The van der Waals surface area contributed by atoms with Gasteiger partial charge in [-0.3, -0.25) is 0 Å². The molecule has 2 nitrogen and oxygen atoms in total. The molecular weight excluding hydrogens is 168 g/mol. The highest BCUT2D eigenvalue weighted by Crippen LogP contribution is 2.45. The van der Waals surface area contributed by atoms with Crippen LogP contribution in [0.2, 0.25) is 18.1 Å². The van der Waals surface area contributed by atoms with Crippen LogP contribution in [-0.2, 0) is 4.74 Å². The molecule has 0 spiro atoms. The van der Waals surface area contributed by atoms with E-state index in [0.717, 1.165) is 0 Å². The van der Waals surface area contributed by atoms with Gasteiger partial charge < -0.3 is 9.84 Å². The molecule has 0 radical (unpaired) electrons. The molecule has 1 aliphatic rings. The third kappa shape index (κ3) is 1.58. The average molecular weight is 188 g/mol. The van der Waals surface area contributed by atoms with Crippen molar-refractivity contribution in [1.82, 2.24) is 0 Å². The minimum absolute atomic E-state index is 0.144. The van der Waals surface area contributed by atoms with Crippen LogP contribution in [-0.4, -0.2) is 31.6 Å². The first kappa shape index (κ1) is 10.2. The highest BCUT2D eigenvalue weighted by Gasteiger charge is 2.55. The number of aliphatic hydroxyl groups is 1. The van der Waals surface area contributed by atoms with E-state index in [9.17, 15) is 0 Å². The van der Waals surface area contributed by atoms with Gasteiger partial charge in [0.05, 0.1) is 20.4 Å². The summed E-state index contributed by atoms with van der Waals surface area (Å²) >= 11 is 0. The molecule has 0 bridgehead atoms. The number of hydrogen-bond acceptors (Lipinski definition) is 2. The van der Waals surface area contributed by atoms with Crippen LogP contribution in [0.4, 0.5) is 0 Å². The summed E-state index contributed by atoms with van der Waals surface area (Å²) in [5.74, 6) is 0. The van der Waals surface area contributed by atoms with E-state index < -0.39 is 8.07 Å². The van der Waals surface area contributed by atoms with Crippen molar-refractivity contribution < 1.29 is 9.84 Å². The fraction of sp³-hybridized carbons (Fsp3) is 1.00. The first-order valence-electron chi connectivity index (χ1n) is 4.57. The van der Waals surface area contributed by atoms with Crippen molar-refractivity contribution in [2.75, 3.05) is 6.61 Å². The van der Waals surface area contributed by atoms with Crippen molar-refractivity contribution in [1.29, 1.82) is 0 Å². The quantitative estimate of drug-likeness (QED) is 0.529. The second-order valence-electron chi connectivity index (χ2n) is 5.25. The van der Waals surface area contributed by atoms with Crippen molar-refractivity contribution in [3.8, 4) is 0 Å². The van der Waals surface area contributed by atoms with Crippen molar-refractivity contribution >= 4 is 8.07 Å². The maximum Gasteiger partial charge on any atom is 0.104 e. The molecule has 72 valence electrons. The lowest BCUT2D eigenvalue weighted by Gasteiger charge is -2.35. The zero-order valence-corrected chi connectivity index (χ0v) is 9.72. The second-order valence-corrected chi connectivity index (χ2v) is 10.8. The lowest BCUT2D eigenvalue weighted by molar-refractivity contribution is 0.243. The fourth-order valence-corrected chi connectivity index (χ4v) is 3.75. The zero-order chi connectivity index (χ0) is 9.57. The summed E-state index contributed by atoms with van der Waals surface area (Å²) in [6.45, 7) is 11.7. The van der Waals surface area contributed by atoms with Crippen molar-refractivity contribution in [2.24, 2.45) is 0 Å². The van der Waals surface area contributed by atoms with Gasteiger partial charge >= 0.3 is 0 Å². The van der Waals surface area contributed by atoms with E-state index in [-0.39, 0.29) is 12.7 Å². The highest BCUT2D eigenvalue weighted by atomic mass is 28.3. The Bertz CT molecular complexity index is 172. The van der Waals surface area contributed by atoms with Crippen molar-refractivity contribution in [3.63, 3.8) is 0 Å². The predicted octanol–water partition coefficient (Wildman–Crippen LogP) is 1.79. The van der Waals surface area contributed by atoms with E-state index in [1.165, 1.54) is 0 Å². The van der Waals surface area contributed by atoms with Gasteiger partial charge in [0, 0.05) is 0 Å². The summed E-state index contributed by atoms with van der Waals surface area (Å²) in [5, 5.41) is 9.27. The third-order valence-electron chi connectivity index (χ3n) is 3.41. The molecule has 0 aromatic carbocycles. The summed E-state index contributed by atoms with van der Waals surface area (Å²) in [6.07, 6.45) is 0.144. The van der Waals surface area contributed by atoms with E-state index in [1.807, 2.05) is 0 Å². The summed E-state index contributed by atoms with van der Waals surface area (Å²) in [7, 11) is -1.34. The molecule has 0 saturated carbocycles. The Balaban J connectivity index is 2.62. The minimum Gasteiger partial charge on any atom is -0.394 e. The zero-order valence-electron chi connectivity index (χ0n) is 8.72. The Morgan fingerprint density at radius 3 is 2.08 bits per heavy atom. The van der Waals surface area contributed by atoms with Crippen LogP contribution in [0.3, 0.4) is 0 Å². The molecule has 0 aliphatic carbocycles. The summed E-state index contributed by atoms with van der Waals surface area (Å²) in [5.41, 5.74) is 0.377. The van der Waals surface area contributed by atoms with Gasteiger partial charge in [-0.15, -0.1) is 0 Å². The molecule has 1 saturated heterocycles. The Kier molecular flexibility index (Phi) is 2.40. The normalized spacial score (nSPS) is 30.5. The SMILES string of the molecule is CC(C)(C)[Si](C)(C)[C@@H]1O[C@H]1CO. The standard InChI is InChI=1S/C9H20O2Si/c1-9(2,3)12(4,5)8-7(6-10)11-8/h7-8,10H,6H2,1-5H3/t7-,8-/m0/s1. The maximum atomic E-state index is 8.90. The van der Waals surface area contributed by atoms with Gasteiger partial charge in [-0.1, -0.05) is 33.9 Å². The van der Waals surface area contributed by atoms with Crippen LogP contribution in [0.5, 0.6) is 0 Å². The number of hydrogen-bond donors (Lipinski definition) is 1. The molecule has 0 amide bonds. The summed E-state index contributed by atoms with van der Waals surface area (Å²) in [4.78, 5) is 0. The molecule has 1 heterocycles. The van der Waals surface area contributed by atoms with E-state index in [4.69, 9.17) is 9.84 Å². The topological polar surface area (TPSA) is 32.8 Å². The minimum atomic E-state index is -1.34. The van der Waals surface area contributed by atoms with E-state index in [0.29, 0.717) is 10.8 Å². The maximum absolute atomic E-state index is 8.90. The molecular formula is C9H20O2Si. The fourth-order valence-electron chi connectivity index (χ4n) is 1.34. The van der Waals surface area contributed by atoms with E-state index in [1.54, 1.807) is 0 Å². The molecule has 1 rings (SSSR count). The predicted molar refractivity (Wildman–Crippen MR) is 52.9 cm³/mol. The summed E-state index contributed by atoms with van der Waals surface area (Å²) < 4.78 is 5.47. The molecule has 0 aromatic rings. The molecule has 1 fully saturated rings. The van der Waals surface area contributed by atoms with Crippen LogP contribution in [0.15, 0.2) is 0 Å². The Morgan fingerprint density at radius 2 is 1.83 bits per heavy atom. The number of ether oxygens (including phenoxy) is 1. The number of aliphatic hydroxyl groups excluding tert-OH is 1. The number of epoxide rings is 1. The van der Waals surface area contributed by atoms with Gasteiger partial charge in [-0.25, -0.2) is 0 Å². The van der Waals surface area contributed by atoms with Gasteiger partial charge in [0.2, 0.25) is 0 Å². The third-order valence-corrected chi connectivity index (χ3v) is 9.20. The molecule has 3 heteroatoms. The Labute approximate surface area is 75.9 Å². The second kappa shape index (κ2) is 2.82. The van der Waals surface area contributed by atoms with Crippen LogP contribution in [0.25, 0.3) is 0 Å². The smallest absolute Gasteiger partial charge is 0.104 e. The van der Waals surface area contributed by atoms with Crippen LogP contribution in [0, 0.1) is 0 Å². The number of rotatable bonds is 2.